The third kappa shape index (κ3) is 1.34. The first-order chi connectivity index (χ1) is 4.33. The molecule has 1 saturated heterocycles. The van der Waals surface area contributed by atoms with Crippen LogP contribution in [0.25, 0.3) is 0 Å². The monoisotopic (exact) mass is 144 g/mol. The van der Waals surface area contributed by atoms with Crippen LogP contribution in [0, 0.1) is 0 Å². The van der Waals surface area contributed by atoms with E-state index in [9.17, 15) is 0 Å². The second-order valence-electron chi connectivity index (χ2n) is 3.12. The molecule has 0 aromatic heterocycles. The second kappa shape index (κ2) is 2.81. The van der Waals surface area contributed by atoms with Crippen LogP contribution in [0.15, 0.2) is 0 Å². The van der Waals surface area contributed by atoms with Gasteiger partial charge in [0.2, 0.25) is 0 Å². The highest BCUT2D eigenvalue weighted by Gasteiger charge is 2.32. The van der Waals surface area contributed by atoms with Gasteiger partial charge in [0.1, 0.15) is 0 Å². The van der Waals surface area contributed by atoms with Gasteiger partial charge in [-0.2, -0.15) is 0 Å². The van der Waals surface area contributed by atoms with Gasteiger partial charge in [0.15, 0.2) is 0 Å². The highest BCUT2D eigenvalue weighted by atomic mass is 28.3. The van der Waals surface area contributed by atoms with Crippen LogP contribution in [0.2, 0.25) is 12.1 Å². The molecule has 0 amide bonds. The molecule has 1 aliphatic rings. The lowest BCUT2D eigenvalue weighted by atomic mass is 10.4. The summed E-state index contributed by atoms with van der Waals surface area (Å²) in [6.45, 7) is 0. The van der Waals surface area contributed by atoms with Crippen LogP contribution in [-0.4, -0.2) is 20.4 Å². The third-order valence-corrected chi connectivity index (χ3v) is 7.09. The summed E-state index contributed by atoms with van der Waals surface area (Å²) in [5.74, 6) is 0. The van der Waals surface area contributed by atoms with Crippen LogP contribution in [0.4, 0.5) is 0 Å². The van der Waals surface area contributed by atoms with Crippen molar-refractivity contribution < 1.29 is 0 Å². The summed E-state index contributed by atoms with van der Waals surface area (Å²) >= 11 is 0. The molecular weight excluding hydrogens is 128 g/mol. The Labute approximate surface area is 57.6 Å². The second-order valence-corrected chi connectivity index (χ2v) is 7.93. The summed E-state index contributed by atoms with van der Waals surface area (Å²) in [6, 6.07) is 2.78. The Morgan fingerprint density at radius 1 is 1.00 bits per heavy atom. The molecule has 0 aromatic carbocycles. The van der Waals surface area contributed by atoms with Crippen LogP contribution >= 0.6 is 0 Å². The maximum absolute atomic E-state index is 5.66. The van der Waals surface area contributed by atoms with E-state index in [1.165, 1.54) is 24.9 Å². The molecule has 0 bridgehead atoms. The Morgan fingerprint density at radius 3 is 1.67 bits per heavy atom. The number of hydrogen-bond acceptors (Lipinski definition) is 2. The van der Waals surface area contributed by atoms with E-state index in [4.69, 9.17) is 11.5 Å². The van der Waals surface area contributed by atoms with Gasteiger partial charge in [0.05, 0.1) is 8.07 Å². The standard InChI is InChI=1S/C6H16N2Si/c7-5-9(6-8)3-1-2-4-9/h1-8H2. The largest absolute Gasteiger partial charge is 0.333 e. The molecule has 4 N–H and O–H groups in total. The van der Waals surface area contributed by atoms with E-state index in [0.717, 1.165) is 12.3 Å². The molecule has 1 aliphatic heterocycles. The van der Waals surface area contributed by atoms with E-state index in [1.54, 1.807) is 0 Å². The predicted octanol–water partition coefficient (Wildman–Crippen LogP) is 0.225. The number of hydrogen-bond donors (Lipinski definition) is 2. The van der Waals surface area contributed by atoms with E-state index in [0.29, 0.717) is 0 Å². The minimum atomic E-state index is -1.02. The first kappa shape index (κ1) is 7.25. The highest BCUT2D eigenvalue weighted by Crippen LogP contribution is 2.27. The van der Waals surface area contributed by atoms with Gasteiger partial charge in [-0.05, 0) is 12.3 Å². The highest BCUT2D eigenvalue weighted by molar-refractivity contribution is 6.80. The molecule has 1 fully saturated rings. The van der Waals surface area contributed by atoms with Gasteiger partial charge in [0, 0.05) is 0 Å². The Kier molecular flexibility index (Phi) is 2.27. The van der Waals surface area contributed by atoms with Crippen LogP contribution in [0.1, 0.15) is 12.8 Å². The average molecular weight is 144 g/mol. The summed E-state index contributed by atoms with van der Waals surface area (Å²) in [7, 11) is -1.02. The Hall–Kier alpha value is 0.137. The molecule has 0 aromatic rings. The van der Waals surface area contributed by atoms with Crippen molar-refractivity contribution in [1.82, 2.24) is 0 Å². The summed E-state index contributed by atoms with van der Waals surface area (Å²) in [5, 5.41) is 0. The zero-order valence-corrected chi connectivity index (χ0v) is 6.90. The lowest BCUT2D eigenvalue weighted by Crippen LogP contribution is -2.47. The zero-order chi connectivity index (χ0) is 6.74. The van der Waals surface area contributed by atoms with Crippen molar-refractivity contribution in [2.45, 2.75) is 24.9 Å². The van der Waals surface area contributed by atoms with Crippen molar-refractivity contribution in [1.29, 1.82) is 0 Å². The van der Waals surface area contributed by atoms with Crippen molar-refractivity contribution in [2.75, 3.05) is 12.3 Å². The van der Waals surface area contributed by atoms with E-state index >= 15 is 0 Å². The summed E-state index contributed by atoms with van der Waals surface area (Å²) < 4.78 is 0. The smallest absolute Gasteiger partial charge is 0.0825 e. The normalized spacial score (nSPS) is 24.7. The lowest BCUT2D eigenvalue weighted by molar-refractivity contribution is 0.935. The summed E-state index contributed by atoms with van der Waals surface area (Å²) in [4.78, 5) is 0. The van der Waals surface area contributed by atoms with E-state index in [2.05, 4.69) is 0 Å². The first-order valence-electron chi connectivity index (χ1n) is 3.73. The number of nitrogens with two attached hydrogens (primary N) is 2. The fourth-order valence-electron chi connectivity index (χ4n) is 1.62. The average Bonchev–Trinajstić information content (AvgIpc) is 2.36. The fourth-order valence-corrected chi connectivity index (χ4v) is 4.85. The van der Waals surface area contributed by atoms with E-state index < -0.39 is 8.07 Å². The van der Waals surface area contributed by atoms with E-state index in [1.807, 2.05) is 0 Å². The van der Waals surface area contributed by atoms with Crippen molar-refractivity contribution in [3.63, 3.8) is 0 Å². The van der Waals surface area contributed by atoms with Crippen LogP contribution in [0.5, 0.6) is 0 Å². The molecule has 2 nitrogen and oxygen atoms in total. The first-order valence-corrected chi connectivity index (χ1v) is 6.56. The molecule has 9 heavy (non-hydrogen) atoms. The van der Waals surface area contributed by atoms with E-state index in [-0.39, 0.29) is 0 Å². The zero-order valence-electron chi connectivity index (χ0n) is 5.90. The number of rotatable bonds is 2. The predicted molar refractivity (Wildman–Crippen MR) is 42.7 cm³/mol. The van der Waals surface area contributed by atoms with Gasteiger partial charge in [0.25, 0.3) is 0 Å². The lowest BCUT2D eigenvalue weighted by Gasteiger charge is -2.21. The molecule has 54 valence electrons. The topological polar surface area (TPSA) is 52.0 Å². The quantitative estimate of drug-likeness (QED) is 0.545. The molecule has 0 unspecified atom stereocenters. The van der Waals surface area contributed by atoms with Crippen molar-refractivity contribution in [3.05, 3.63) is 0 Å². The van der Waals surface area contributed by atoms with Crippen molar-refractivity contribution >= 4 is 8.07 Å². The maximum atomic E-state index is 5.66. The summed E-state index contributed by atoms with van der Waals surface area (Å²) in [5.41, 5.74) is 11.3. The molecule has 0 saturated carbocycles. The minimum absolute atomic E-state index is 0.920. The van der Waals surface area contributed by atoms with Crippen LogP contribution < -0.4 is 11.5 Å². The SMILES string of the molecule is NC[Si]1(CN)CCCC1. The summed E-state index contributed by atoms with van der Waals surface area (Å²) in [6.07, 6.45) is 4.62. The van der Waals surface area contributed by atoms with Gasteiger partial charge in [-0.25, -0.2) is 0 Å². The molecule has 0 radical (unpaired) electrons. The third-order valence-electron chi connectivity index (χ3n) is 2.53. The molecule has 0 aliphatic carbocycles. The van der Waals surface area contributed by atoms with Crippen LogP contribution in [0.3, 0.4) is 0 Å². The molecule has 1 rings (SSSR count). The van der Waals surface area contributed by atoms with Gasteiger partial charge >= 0.3 is 0 Å². The van der Waals surface area contributed by atoms with Crippen molar-refractivity contribution in [2.24, 2.45) is 11.5 Å². The molecular formula is C6H16N2Si. The fraction of sp³-hybridized carbons (Fsp3) is 1.00. The maximum Gasteiger partial charge on any atom is 0.0825 e. The molecule has 0 spiro atoms. The Balaban J connectivity index is 2.45. The molecule has 0 atom stereocenters. The van der Waals surface area contributed by atoms with Gasteiger partial charge in [-0.1, -0.05) is 24.9 Å². The Morgan fingerprint density at radius 2 is 1.44 bits per heavy atom. The van der Waals surface area contributed by atoms with Gasteiger partial charge in [-0.3, -0.25) is 0 Å². The minimum Gasteiger partial charge on any atom is -0.333 e. The van der Waals surface area contributed by atoms with Crippen molar-refractivity contribution in [3.8, 4) is 0 Å². The van der Waals surface area contributed by atoms with Gasteiger partial charge < -0.3 is 11.5 Å². The molecule has 1 heterocycles. The molecule has 3 heteroatoms. The van der Waals surface area contributed by atoms with Crippen LogP contribution in [-0.2, 0) is 0 Å². The Bertz CT molecular complexity index is 83.1. The van der Waals surface area contributed by atoms with Gasteiger partial charge in [-0.15, -0.1) is 0 Å².